The van der Waals surface area contributed by atoms with Crippen molar-refractivity contribution in [3.63, 3.8) is 0 Å². The first kappa shape index (κ1) is 13.5. The predicted molar refractivity (Wildman–Crippen MR) is 79.9 cm³/mol. The van der Waals surface area contributed by atoms with Gasteiger partial charge in [0.2, 0.25) is 0 Å². The molecule has 0 saturated carbocycles. The minimum atomic E-state index is 0.130. The molecule has 1 nitrogen and oxygen atoms in total. The van der Waals surface area contributed by atoms with Crippen molar-refractivity contribution in [2.75, 3.05) is 0 Å². The van der Waals surface area contributed by atoms with Crippen LogP contribution in [0.4, 0.5) is 0 Å². The number of carbonyl (C=O) groups is 1. The van der Waals surface area contributed by atoms with E-state index in [0.717, 1.165) is 28.7 Å². The zero-order valence-corrected chi connectivity index (χ0v) is 12.1. The van der Waals surface area contributed by atoms with E-state index < -0.39 is 0 Å². The van der Waals surface area contributed by atoms with Crippen molar-refractivity contribution in [3.05, 3.63) is 69.8 Å². The van der Waals surface area contributed by atoms with Gasteiger partial charge < -0.3 is 0 Å². The van der Waals surface area contributed by atoms with E-state index >= 15 is 0 Å². The maximum absolute atomic E-state index is 12.7. The number of carbonyl (C=O) groups excluding carboxylic acids is 1. The standard InChI is InChI=1S/C18H20O/c1-5-16-12(2)11-13(3)17(14(16)4)18(19)15-9-7-6-8-10-15/h6-11H,5H2,1-4H3. The van der Waals surface area contributed by atoms with Crippen LogP contribution in [0.1, 0.15) is 45.1 Å². The third-order valence-electron chi connectivity index (χ3n) is 3.75. The van der Waals surface area contributed by atoms with Gasteiger partial charge in [0.05, 0.1) is 0 Å². The van der Waals surface area contributed by atoms with Crippen LogP contribution in [0.25, 0.3) is 0 Å². The van der Waals surface area contributed by atoms with Crippen LogP contribution in [0, 0.1) is 20.8 Å². The first-order valence-corrected chi connectivity index (χ1v) is 6.75. The van der Waals surface area contributed by atoms with Gasteiger partial charge in [0.1, 0.15) is 0 Å². The fraction of sp³-hybridized carbons (Fsp3) is 0.278. The van der Waals surface area contributed by atoms with Crippen molar-refractivity contribution in [3.8, 4) is 0 Å². The Bertz CT molecular complexity index is 609. The predicted octanol–water partition coefficient (Wildman–Crippen LogP) is 4.41. The quantitative estimate of drug-likeness (QED) is 0.740. The van der Waals surface area contributed by atoms with Crippen molar-refractivity contribution in [2.45, 2.75) is 34.1 Å². The molecule has 0 fully saturated rings. The lowest BCUT2D eigenvalue weighted by atomic mass is 9.88. The number of hydrogen-bond donors (Lipinski definition) is 0. The Morgan fingerprint density at radius 1 is 1.00 bits per heavy atom. The Morgan fingerprint density at radius 3 is 2.21 bits per heavy atom. The van der Waals surface area contributed by atoms with E-state index in [9.17, 15) is 4.79 Å². The molecule has 0 aliphatic rings. The molecule has 98 valence electrons. The molecule has 0 amide bonds. The summed E-state index contributed by atoms with van der Waals surface area (Å²) in [5, 5.41) is 0. The molecule has 0 aliphatic carbocycles. The monoisotopic (exact) mass is 252 g/mol. The highest BCUT2D eigenvalue weighted by Gasteiger charge is 2.17. The molecule has 0 unspecified atom stereocenters. The van der Waals surface area contributed by atoms with Crippen LogP contribution in [-0.4, -0.2) is 5.78 Å². The van der Waals surface area contributed by atoms with Crippen LogP contribution in [0.15, 0.2) is 36.4 Å². The second-order valence-corrected chi connectivity index (χ2v) is 5.04. The van der Waals surface area contributed by atoms with E-state index in [0.29, 0.717) is 0 Å². The van der Waals surface area contributed by atoms with Crippen molar-refractivity contribution in [1.82, 2.24) is 0 Å². The van der Waals surface area contributed by atoms with E-state index in [2.05, 4.69) is 26.8 Å². The Hall–Kier alpha value is -1.89. The molecule has 0 saturated heterocycles. The molecule has 0 radical (unpaired) electrons. The minimum Gasteiger partial charge on any atom is -0.289 e. The van der Waals surface area contributed by atoms with Gasteiger partial charge in [0, 0.05) is 11.1 Å². The second kappa shape index (κ2) is 5.40. The number of benzene rings is 2. The van der Waals surface area contributed by atoms with Gasteiger partial charge in [-0.3, -0.25) is 4.79 Å². The fourth-order valence-corrected chi connectivity index (χ4v) is 2.85. The molecule has 0 spiro atoms. The van der Waals surface area contributed by atoms with Crippen LogP contribution >= 0.6 is 0 Å². The largest absolute Gasteiger partial charge is 0.289 e. The van der Waals surface area contributed by atoms with E-state index in [4.69, 9.17) is 0 Å². The Kier molecular flexibility index (Phi) is 3.84. The molecule has 0 atom stereocenters. The topological polar surface area (TPSA) is 17.1 Å². The third kappa shape index (κ3) is 2.46. The molecule has 2 aromatic carbocycles. The number of rotatable bonds is 3. The average Bonchev–Trinajstić information content (AvgIpc) is 2.39. The molecule has 2 aromatic rings. The molecule has 0 N–H and O–H groups in total. The lowest BCUT2D eigenvalue weighted by molar-refractivity contribution is 0.103. The van der Waals surface area contributed by atoms with Crippen LogP contribution in [0.3, 0.4) is 0 Å². The lowest BCUT2D eigenvalue weighted by Crippen LogP contribution is -2.09. The highest BCUT2D eigenvalue weighted by atomic mass is 16.1. The molecule has 2 rings (SSSR count). The Morgan fingerprint density at radius 2 is 1.63 bits per heavy atom. The van der Waals surface area contributed by atoms with Gasteiger partial charge in [-0.1, -0.05) is 43.3 Å². The summed E-state index contributed by atoms with van der Waals surface area (Å²) in [4.78, 5) is 12.7. The van der Waals surface area contributed by atoms with Gasteiger partial charge in [0.15, 0.2) is 5.78 Å². The Labute approximate surface area is 115 Å². The van der Waals surface area contributed by atoms with Crippen molar-refractivity contribution in [2.24, 2.45) is 0 Å². The summed E-state index contributed by atoms with van der Waals surface area (Å²) in [7, 11) is 0. The van der Waals surface area contributed by atoms with Gasteiger partial charge >= 0.3 is 0 Å². The summed E-state index contributed by atoms with van der Waals surface area (Å²) in [5.74, 6) is 0.130. The molecule has 0 aromatic heterocycles. The van der Waals surface area contributed by atoms with Crippen molar-refractivity contribution >= 4 is 5.78 Å². The van der Waals surface area contributed by atoms with Crippen LogP contribution < -0.4 is 0 Å². The van der Waals surface area contributed by atoms with Gasteiger partial charge in [-0.15, -0.1) is 0 Å². The molecule has 1 heteroatoms. The first-order chi connectivity index (χ1) is 9.06. The summed E-state index contributed by atoms with van der Waals surface area (Å²) in [6.45, 7) is 8.35. The van der Waals surface area contributed by atoms with E-state index in [1.165, 1.54) is 11.1 Å². The van der Waals surface area contributed by atoms with Gasteiger partial charge in [-0.05, 0) is 49.4 Å². The summed E-state index contributed by atoms with van der Waals surface area (Å²) in [5.41, 5.74) is 6.41. The second-order valence-electron chi connectivity index (χ2n) is 5.04. The van der Waals surface area contributed by atoms with Gasteiger partial charge in [-0.25, -0.2) is 0 Å². The van der Waals surface area contributed by atoms with Crippen LogP contribution in [0.5, 0.6) is 0 Å². The molecular formula is C18H20O. The number of hydrogen-bond acceptors (Lipinski definition) is 1. The highest BCUT2D eigenvalue weighted by Crippen LogP contribution is 2.25. The summed E-state index contributed by atoms with van der Waals surface area (Å²) in [6, 6.07) is 11.6. The smallest absolute Gasteiger partial charge is 0.193 e. The van der Waals surface area contributed by atoms with E-state index in [-0.39, 0.29) is 5.78 Å². The number of ketones is 1. The Balaban J connectivity index is 2.60. The molecule has 0 heterocycles. The minimum absolute atomic E-state index is 0.130. The van der Waals surface area contributed by atoms with E-state index in [1.807, 2.05) is 37.3 Å². The summed E-state index contributed by atoms with van der Waals surface area (Å²) < 4.78 is 0. The molecule has 19 heavy (non-hydrogen) atoms. The molecular weight excluding hydrogens is 232 g/mol. The van der Waals surface area contributed by atoms with E-state index in [1.54, 1.807) is 0 Å². The van der Waals surface area contributed by atoms with Crippen molar-refractivity contribution < 1.29 is 4.79 Å². The molecule has 0 bridgehead atoms. The normalized spacial score (nSPS) is 10.5. The maximum Gasteiger partial charge on any atom is 0.193 e. The molecule has 0 aliphatic heterocycles. The third-order valence-corrected chi connectivity index (χ3v) is 3.75. The summed E-state index contributed by atoms with van der Waals surface area (Å²) >= 11 is 0. The van der Waals surface area contributed by atoms with Crippen LogP contribution in [-0.2, 0) is 6.42 Å². The zero-order chi connectivity index (χ0) is 14.0. The highest BCUT2D eigenvalue weighted by molar-refractivity contribution is 6.11. The van der Waals surface area contributed by atoms with Gasteiger partial charge in [-0.2, -0.15) is 0 Å². The average molecular weight is 252 g/mol. The maximum atomic E-state index is 12.7. The van der Waals surface area contributed by atoms with Gasteiger partial charge in [0.25, 0.3) is 0 Å². The van der Waals surface area contributed by atoms with Crippen LogP contribution in [0.2, 0.25) is 0 Å². The lowest BCUT2D eigenvalue weighted by Gasteiger charge is -2.15. The van der Waals surface area contributed by atoms with Crippen molar-refractivity contribution in [1.29, 1.82) is 0 Å². The number of aryl methyl sites for hydroxylation is 2. The summed E-state index contributed by atoms with van der Waals surface area (Å²) in [6.07, 6.45) is 0.965. The fourth-order valence-electron chi connectivity index (χ4n) is 2.85. The zero-order valence-electron chi connectivity index (χ0n) is 12.1. The first-order valence-electron chi connectivity index (χ1n) is 6.75. The SMILES string of the molecule is CCc1c(C)cc(C)c(C(=O)c2ccccc2)c1C.